The van der Waals surface area contributed by atoms with Crippen molar-refractivity contribution in [3.63, 3.8) is 0 Å². The van der Waals surface area contributed by atoms with Crippen molar-refractivity contribution >= 4 is 58.2 Å². The van der Waals surface area contributed by atoms with E-state index in [1.807, 2.05) is 60.7 Å². The Balaban J connectivity index is 1.15. The minimum atomic E-state index is -1.52. The summed E-state index contributed by atoms with van der Waals surface area (Å²) in [6, 6.07) is 16.7. The van der Waals surface area contributed by atoms with Gasteiger partial charge in [0.25, 0.3) is 5.91 Å². The van der Waals surface area contributed by atoms with Crippen LogP contribution >= 0.6 is 11.3 Å². The average molecular weight is 973 g/mol. The number of benzene rings is 2. The van der Waals surface area contributed by atoms with Crippen LogP contribution in [-0.4, -0.2) is 114 Å². The van der Waals surface area contributed by atoms with Crippen molar-refractivity contribution in [2.45, 2.75) is 135 Å². The Morgan fingerprint density at radius 1 is 0.884 bits per heavy atom. The highest BCUT2D eigenvalue weighted by Gasteiger charge is 2.56. The molecule has 0 bridgehead atoms. The minimum Gasteiger partial charge on any atom is -0.450 e. The first-order chi connectivity index (χ1) is 32.5. The maximum absolute atomic E-state index is 14.2. The van der Waals surface area contributed by atoms with Crippen LogP contribution in [0.15, 0.2) is 77.4 Å². The quantitative estimate of drug-likeness (QED) is 0.0223. The number of alkyl carbamates (subject to hydrolysis) is 1. The normalized spacial score (nSPS) is 16.6. The number of carbonyl (C=O) groups excluding carboxylic acids is 6. The third kappa shape index (κ3) is 15.2. The molecular formula is C47H60N10O11S. The zero-order valence-electron chi connectivity index (χ0n) is 40.2. The van der Waals surface area contributed by atoms with Gasteiger partial charge in [-0.1, -0.05) is 65.8 Å². The highest BCUT2D eigenvalue weighted by atomic mass is 32.1. The SMILES string of the molecule is CC(C)(C)OC(=O)NCCCN(Cc1cnn(C[C@H]2NC(=O)[C@H]2NC(=O)C(=NOC2(C(=O)OC(c3ccccc3)c3ccccc3)CC2)c2csc(NC(=O)OC(C)(C)C)n2)n1)C(=O)OC(C)(C)C. The highest BCUT2D eigenvalue weighted by molar-refractivity contribution is 7.14. The van der Waals surface area contributed by atoms with E-state index >= 15 is 0 Å². The van der Waals surface area contributed by atoms with Gasteiger partial charge in [-0.3, -0.25) is 14.9 Å². The molecule has 0 spiro atoms. The zero-order chi connectivity index (χ0) is 50.1. The molecule has 21 nitrogen and oxygen atoms in total. The molecule has 370 valence electrons. The number of anilines is 1. The third-order valence-corrected chi connectivity index (χ3v) is 10.7. The Labute approximate surface area is 404 Å². The van der Waals surface area contributed by atoms with Gasteiger partial charge in [-0.25, -0.2) is 24.2 Å². The molecule has 2 atom stereocenters. The predicted molar refractivity (Wildman–Crippen MR) is 252 cm³/mol. The van der Waals surface area contributed by atoms with Gasteiger partial charge in [0.1, 0.15) is 34.2 Å². The summed E-state index contributed by atoms with van der Waals surface area (Å²) in [7, 11) is 0. The van der Waals surface area contributed by atoms with Gasteiger partial charge in [-0.05, 0) is 79.9 Å². The number of ether oxygens (including phenoxy) is 4. The molecule has 1 aliphatic heterocycles. The number of hydrogen-bond donors (Lipinski definition) is 4. The van der Waals surface area contributed by atoms with Gasteiger partial charge in [-0.2, -0.15) is 15.0 Å². The van der Waals surface area contributed by atoms with Crippen molar-refractivity contribution < 1.29 is 52.6 Å². The lowest BCUT2D eigenvalue weighted by molar-refractivity contribution is -0.164. The van der Waals surface area contributed by atoms with Crippen LogP contribution in [0.5, 0.6) is 0 Å². The smallest absolute Gasteiger partial charge is 0.413 e. The summed E-state index contributed by atoms with van der Waals surface area (Å²) < 4.78 is 22.4. The molecule has 4 N–H and O–H groups in total. The number of rotatable bonds is 18. The van der Waals surface area contributed by atoms with E-state index in [2.05, 4.69) is 41.6 Å². The molecule has 22 heteroatoms. The van der Waals surface area contributed by atoms with E-state index in [0.29, 0.717) is 12.1 Å². The number of oxime groups is 1. The van der Waals surface area contributed by atoms with Gasteiger partial charge in [0.05, 0.1) is 25.3 Å². The molecule has 4 aromatic rings. The number of carbonyl (C=O) groups is 6. The fraction of sp³-hybridized carbons (Fsp3) is 0.489. The second-order valence-electron chi connectivity index (χ2n) is 19.4. The predicted octanol–water partition coefficient (Wildman–Crippen LogP) is 6.00. The molecule has 1 saturated heterocycles. The van der Waals surface area contributed by atoms with Crippen molar-refractivity contribution in [1.82, 2.24) is 40.8 Å². The zero-order valence-corrected chi connectivity index (χ0v) is 41.0. The van der Waals surface area contributed by atoms with Crippen LogP contribution < -0.4 is 21.3 Å². The van der Waals surface area contributed by atoms with Gasteiger partial charge in [0.15, 0.2) is 16.9 Å². The van der Waals surface area contributed by atoms with Crippen molar-refractivity contribution in [2.24, 2.45) is 5.16 Å². The monoisotopic (exact) mass is 972 g/mol. The van der Waals surface area contributed by atoms with Gasteiger partial charge in [0, 0.05) is 31.3 Å². The van der Waals surface area contributed by atoms with E-state index in [-0.39, 0.29) is 55.6 Å². The minimum absolute atomic E-state index is 0.0188. The van der Waals surface area contributed by atoms with E-state index in [9.17, 15) is 28.8 Å². The number of nitrogens with one attached hydrogen (secondary N) is 4. The summed E-state index contributed by atoms with van der Waals surface area (Å²) in [5, 5.41) is 25.3. The number of nitrogens with zero attached hydrogens (tertiary/aromatic N) is 6. The van der Waals surface area contributed by atoms with Crippen molar-refractivity contribution in [1.29, 1.82) is 0 Å². The van der Waals surface area contributed by atoms with E-state index < -0.39 is 76.7 Å². The van der Waals surface area contributed by atoms with Crippen LogP contribution in [0, 0.1) is 0 Å². The maximum Gasteiger partial charge on any atom is 0.413 e. The van der Waals surface area contributed by atoms with Gasteiger partial charge in [-0.15, -0.1) is 11.3 Å². The van der Waals surface area contributed by atoms with Crippen LogP contribution in [0.2, 0.25) is 0 Å². The summed E-state index contributed by atoms with van der Waals surface area (Å²) in [4.78, 5) is 92.1. The lowest BCUT2D eigenvalue weighted by Crippen LogP contribution is -2.70. The first kappa shape index (κ1) is 51.3. The van der Waals surface area contributed by atoms with E-state index in [1.165, 1.54) is 21.3 Å². The van der Waals surface area contributed by atoms with Gasteiger partial charge >= 0.3 is 24.2 Å². The standard InChI is InChI=1S/C47H60N10O11S/c1-44(2,3)65-41(61)48-23-16-24-56(43(63)67-46(7,8)9)26-31-25-49-57(54-31)27-32-34(37(58)50-32)52-38(59)35(33-28-69-40(51-33)53-42(62)66-45(4,5)6)55-68-47(21-22-47)39(60)64-36(29-17-12-10-13-18-29)30-19-14-11-15-20-30/h10-15,17-20,25,28,32,34,36H,16,21-24,26-27H2,1-9H3,(H,48,61)(H,50,58)(H,52,59)(H,51,53,62)/t32-,34+/m1/s1. The molecule has 2 aliphatic rings. The molecule has 2 aromatic carbocycles. The second kappa shape index (κ2) is 21.5. The van der Waals surface area contributed by atoms with E-state index in [1.54, 1.807) is 62.3 Å². The third-order valence-electron chi connectivity index (χ3n) is 9.91. The molecule has 69 heavy (non-hydrogen) atoms. The summed E-state index contributed by atoms with van der Waals surface area (Å²) in [5.74, 6) is -2.06. The number of amides is 5. The van der Waals surface area contributed by atoms with Gasteiger partial charge < -0.3 is 44.6 Å². The number of aromatic nitrogens is 4. The van der Waals surface area contributed by atoms with Crippen molar-refractivity contribution in [3.8, 4) is 0 Å². The lowest BCUT2D eigenvalue weighted by Gasteiger charge is -2.36. The van der Waals surface area contributed by atoms with E-state index in [0.717, 1.165) is 22.5 Å². The fourth-order valence-corrected chi connectivity index (χ4v) is 7.26. The average Bonchev–Trinajstić information content (AvgIpc) is 3.70. The molecule has 0 unspecified atom stereocenters. The first-order valence-electron chi connectivity index (χ1n) is 22.4. The Hall–Kier alpha value is -7.10. The first-order valence-corrected chi connectivity index (χ1v) is 23.3. The Morgan fingerprint density at radius 3 is 2.07 bits per heavy atom. The molecule has 2 aromatic heterocycles. The number of hydrogen-bond acceptors (Lipinski definition) is 16. The molecular weight excluding hydrogens is 913 g/mol. The topological polar surface area (TPSA) is 256 Å². The molecule has 1 aliphatic carbocycles. The van der Waals surface area contributed by atoms with Crippen molar-refractivity contribution in [2.75, 3.05) is 18.4 Å². The fourth-order valence-electron chi connectivity index (χ4n) is 6.58. The summed E-state index contributed by atoms with van der Waals surface area (Å²) >= 11 is 0.984. The van der Waals surface area contributed by atoms with E-state index in [4.69, 9.17) is 23.8 Å². The Kier molecular flexibility index (Phi) is 16.0. The molecule has 2 fully saturated rings. The molecule has 6 rings (SSSR count). The highest BCUT2D eigenvalue weighted by Crippen LogP contribution is 2.43. The van der Waals surface area contributed by atoms with Crippen LogP contribution in [0.25, 0.3) is 0 Å². The van der Waals surface area contributed by atoms with Crippen LogP contribution in [0.1, 0.15) is 110 Å². The maximum atomic E-state index is 14.2. The van der Waals surface area contributed by atoms with Crippen LogP contribution in [0.4, 0.5) is 19.5 Å². The van der Waals surface area contributed by atoms with Crippen LogP contribution in [-0.2, 0) is 51.3 Å². The number of esters is 1. The number of thiazole rings is 1. The van der Waals surface area contributed by atoms with Crippen LogP contribution in [0.3, 0.4) is 0 Å². The second-order valence-corrected chi connectivity index (χ2v) is 20.3. The largest absolute Gasteiger partial charge is 0.450 e. The summed E-state index contributed by atoms with van der Waals surface area (Å²) in [6.07, 6.45) is -0.354. The van der Waals surface area contributed by atoms with Crippen molar-refractivity contribution in [3.05, 3.63) is 94.8 Å². The van der Waals surface area contributed by atoms with Gasteiger partial charge in [0.2, 0.25) is 11.5 Å². The molecule has 3 heterocycles. The summed E-state index contributed by atoms with van der Waals surface area (Å²) in [6.45, 7) is 16.1. The Morgan fingerprint density at radius 2 is 1.49 bits per heavy atom. The number of β-lactam (4-membered cyclic amide) rings is 1. The molecule has 5 amide bonds. The Bertz CT molecular complexity index is 2450. The molecule has 1 saturated carbocycles. The lowest BCUT2D eigenvalue weighted by atomic mass is 9.98. The summed E-state index contributed by atoms with van der Waals surface area (Å²) in [5.41, 5.74) is -2.28. The molecule has 0 radical (unpaired) electrons.